The van der Waals surface area contributed by atoms with Gasteiger partial charge in [-0.25, -0.2) is 0 Å². The maximum Gasteiger partial charge on any atom is 0.226 e. The van der Waals surface area contributed by atoms with Crippen molar-refractivity contribution in [2.75, 3.05) is 6.54 Å². The van der Waals surface area contributed by atoms with E-state index in [2.05, 4.69) is 15.5 Å². The van der Waals surface area contributed by atoms with Gasteiger partial charge in [-0.05, 0) is 43.5 Å². The van der Waals surface area contributed by atoms with Crippen molar-refractivity contribution >= 4 is 24.0 Å². The van der Waals surface area contributed by atoms with Crippen LogP contribution >= 0.6 is 24.0 Å². The Hall–Kier alpha value is -1.10. The molecule has 2 aromatic rings. The molecule has 1 atom stereocenters. The molecule has 0 spiro atoms. The third-order valence-electron chi connectivity index (χ3n) is 3.65. The van der Waals surface area contributed by atoms with E-state index in [1.807, 2.05) is 24.3 Å². The monoisotopic (exact) mass is 327 g/mol. The van der Waals surface area contributed by atoms with E-state index >= 15 is 0 Å². The van der Waals surface area contributed by atoms with E-state index in [4.69, 9.17) is 16.1 Å². The number of aromatic nitrogens is 2. The molecule has 4 nitrogen and oxygen atoms in total. The highest BCUT2D eigenvalue weighted by Gasteiger charge is 2.15. The highest BCUT2D eigenvalue weighted by atomic mass is 35.5. The van der Waals surface area contributed by atoms with Gasteiger partial charge in [-0.1, -0.05) is 28.9 Å². The Bertz CT molecular complexity index is 550. The third-order valence-corrected chi connectivity index (χ3v) is 3.91. The molecule has 3 rings (SSSR count). The summed E-state index contributed by atoms with van der Waals surface area (Å²) in [7, 11) is 0. The van der Waals surface area contributed by atoms with Crippen LogP contribution in [0.15, 0.2) is 28.8 Å². The minimum Gasteiger partial charge on any atom is -0.339 e. The summed E-state index contributed by atoms with van der Waals surface area (Å²) in [4.78, 5) is 4.45. The number of hydrogen-bond donors (Lipinski definition) is 1. The van der Waals surface area contributed by atoms with Gasteiger partial charge in [-0.3, -0.25) is 0 Å². The number of benzene rings is 1. The Kier molecular flexibility index (Phi) is 6.03. The maximum atomic E-state index is 5.87. The van der Waals surface area contributed by atoms with Crippen LogP contribution in [0, 0.1) is 0 Å². The van der Waals surface area contributed by atoms with Gasteiger partial charge in [0.1, 0.15) is 0 Å². The lowest BCUT2D eigenvalue weighted by atomic mass is 10.1. The molecule has 1 aliphatic rings. The highest BCUT2D eigenvalue weighted by molar-refractivity contribution is 6.30. The molecule has 0 amide bonds. The minimum atomic E-state index is 0. The zero-order valence-corrected chi connectivity index (χ0v) is 13.3. The van der Waals surface area contributed by atoms with Crippen molar-refractivity contribution in [2.45, 2.75) is 38.1 Å². The molecule has 0 aliphatic carbocycles. The standard InChI is InChI=1S/C15H18ClN3O.ClH/c16-12-5-3-11(4-6-12)10-14-18-15(20-19-14)8-7-13-2-1-9-17-13;/h3-6,13,17H,1-2,7-10H2;1H. The summed E-state index contributed by atoms with van der Waals surface area (Å²) in [5.41, 5.74) is 1.14. The van der Waals surface area contributed by atoms with E-state index in [-0.39, 0.29) is 12.4 Å². The third kappa shape index (κ3) is 4.70. The maximum absolute atomic E-state index is 5.87. The normalized spacial score (nSPS) is 17.7. The smallest absolute Gasteiger partial charge is 0.226 e. The molecule has 21 heavy (non-hydrogen) atoms. The first-order valence-electron chi connectivity index (χ1n) is 7.09. The first kappa shape index (κ1) is 16.3. The van der Waals surface area contributed by atoms with Gasteiger partial charge in [0.25, 0.3) is 0 Å². The fourth-order valence-electron chi connectivity index (χ4n) is 2.55. The van der Waals surface area contributed by atoms with Gasteiger partial charge in [0.05, 0.1) is 0 Å². The fraction of sp³-hybridized carbons (Fsp3) is 0.467. The highest BCUT2D eigenvalue weighted by Crippen LogP contribution is 2.14. The Morgan fingerprint density at radius 3 is 2.81 bits per heavy atom. The van der Waals surface area contributed by atoms with Crippen LogP contribution in [0.3, 0.4) is 0 Å². The van der Waals surface area contributed by atoms with Crippen molar-refractivity contribution in [1.82, 2.24) is 15.5 Å². The molecule has 1 fully saturated rings. The minimum absolute atomic E-state index is 0. The summed E-state index contributed by atoms with van der Waals surface area (Å²) in [5, 5.41) is 8.26. The Morgan fingerprint density at radius 1 is 1.29 bits per heavy atom. The van der Waals surface area contributed by atoms with Gasteiger partial charge in [0, 0.05) is 23.9 Å². The molecule has 114 valence electrons. The molecule has 0 bridgehead atoms. The van der Waals surface area contributed by atoms with Crippen molar-refractivity contribution < 1.29 is 4.52 Å². The summed E-state index contributed by atoms with van der Waals surface area (Å²) in [5.74, 6) is 1.48. The molecule has 1 saturated heterocycles. The van der Waals surface area contributed by atoms with Gasteiger partial charge < -0.3 is 9.84 Å². The summed E-state index contributed by atoms with van der Waals surface area (Å²) in [6, 6.07) is 8.34. The summed E-state index contributed by atoms with van der Waals surface area (Å²) < 4.78 is 5.31. The number of nitrogens with zero attached hydrogens (tertiary/aromatic N) is 2. The van der Waals surface area contributed by atoms with Crippen molar-refractivity contribution in [1.29, 1.82) is 0 Å². The van der Waals surface area contributed by atoms with E-state index in [1.165, 1.54) is 12.8 Å². The largest absolute Gasteiger partial charge is 0.339 e. The average molecular weight is 328 g/mol. The zero-order valence-electron chi connectivity index (χ0n) is 11.7. The summed E-state index contributed by atoms with van der Waals surface area (Å²) in [6.45, 7) is 1.14. The van der Waals surface area contributed by atoms with Crippen LogP contribution < -0.4 is 5.32 Å². The number of nitrogens with one attached hydrogen (secondary N) is 1. The van der Waals surface area contributed by atoms with Crippen molar-refractivity contribution in [3.8, 4) is 0 Å². The predicted molar refractivity (Wildman–Crippen MR) is 85.1 cm³/mol. The van der Waals surface area contributed by atoms with E-state index in [1.54, 1.807) is 0 Å². The van der Waals surface area contributed by atoms with Crippen LogP contribution in [0.4, 0.5) is 0 Å². The molecule has 0 radical (unpaired) electrons. The van der Waals surface area contributed by atoms with Crippen LogP contribution in [0.1, 0.15) is 36.5 Å². The molecule has 1 N–H and O–H groups in total. The van der Waals surface area contributed by atoms with Crippen LogP contribution in [0.25, 0.3) is 0 Å². The second-order valence-corrected chi connectivity index (χ2v) is 5.68. The molecular weight excluding hydrogens is 309 g/mol. The van der Waals surface area contributed by atoms with Gasteiger partial charge in [-0.15, -0.1) is 12.4 Å². The van der Waals surface area contributed by atoms with Crippen LogP contribution in [-0.2, 0) is 12.8 Å². The van der Waals surface area contributed by atoms with Crippen molar-refractivity contribution in [3.63, 3.8) is 0 Å². The van der Waals surface area contributed by atoms with E-state index in [0.29, 0.717) is 12.5 Å². The number of hydrogen-bond acceptors (Lipinski definition) is 4. The van der Waals surface area contributed by atoms with Crippen LogP contribution in [0.5, 0.6) is 0 Å². The lowest BCUT2D eigenvalue weighted by Gasteiger charge is -2.06. The van der Waals surface area contributed by atoms with E-state index in [9.17, 15) is 0 Å². The van der Waals surface area contributed by atoms with Gasteiger partial charge in [0.15, 0.2) is 5.82 Å². The molecular formula is C15H19Cl2N3O. The first-order valence-corrected chi connectivity index (χ1v) is 7.47. The lowest BCUT2D eigenvalue weighted by molar-refractivity contribution is 0.364. The van der Waals surface area contributed by atoms with Crippen LogP contribution in [-0.4, -0.2) is 22.7 Å². The molecule has 1 aliphatic heterocycles. The SMILES string of the molecule is Cl.Clc1ccc(Cc2noc(CCC3CCCN3)n2)cc1. The van der Waals surface area contributed by atoms with Gasteiger partial charge in [0.2, 0.25) is 5.89 Å². The summed E-state index contributed by atoms with van der Waals surface area (Å²) >= 11 is 5.87. The zero-order chi connectivity index (χ0) is 13.8. The number of rotatable bonds is 5. The Balaban J connectivity index is 0.00000161. The van der Waals surface area contributed by atoms with Gasteiger partial charge in [-0.2, -0.15) is 4.98 Å². The Morgan fingerprint density at radius 2 is 2.10 bits per heavy atom. The second kappa shape index (κ2) is 7.78. The van der Waals surface area contributed by atoms with E-state index in [0.717, 1.165) is 41.7 Å². The molecule has 6 heteroatoms. The molecule has 2 heterocycles. The molecule has 1 aromatic carbocycles. The number of halogens is 2. The molecule has 1 aromatic heterocycles. The lowest BCUT2D eigenvalue weighted by Crippen LogP contribution is -2.21. The van der Waals surface area contributed by atoms with Crippen LogP contribution in [0.2, 0.25) is 5.02 Å². The predicted octanol–water partition coefficient (Wildman–Crippen LogP) is 3.42. The molecule has 0 saturated carbocycles. The number of aryl methyl sites for hydroxylation is 1. The molecule has 1 unspecified atom stereocenters. The summed E-state index contributed by atoms with van der Waals surface area (Å²) in [6.07, 6.45) is 5.14. The van der Waals surface area contributed by atoms with E-state index < -0.39 is 0 Å². The van der Waals surface area contributed by atoms with Crippen molar-refractivity contribution in [3.05, 3.63) is 46.6 Å². The fourth-order valence-corrected chi connectivity index (χ4v) is 2.68. The van der Waals surface area contributed by atoms with Crippen molar-refractivity contribution in [2.24, 2.45) is 0 Å². The quantitative estimate of drug-likeness (QED) is 0.914. The second-order valence-electron chi connectivity index (χ2n) is 5.24. The topological polar surface area (TPSA) is 51.0 Å². The Labute approximate surface area is 135 Å². The van der Waals surface area contributed by atoms with Gasteiger partial charge >= 0.3 is 0 Å². The first-order chi connectivity index (χ1) is 9.79. The average Bonchev–Trinajstić information content (AvgIpc) is 3.10.